The summed E-state index contributed by atoms with van der Waals surface area (Å²) in [7, 11) is 0. The lowest BCUT2D eigenvalue weighted by atomic mass is 10.2. The normalized spacial score (nSPS) is 23.3. The first-order chi connectivity index (χ1) is 10.1. The van der Waals surface area contributed by atoms with E-state index in [9.17, 15) is 15.2 Å². The van der Waals surface area contributed by atoms with Crippen LogP contribution in [0.3, 0.4) is 0 Å². The smallest absolute Gasteiger partial charge is 0.306 e. The van der Waals surface area contributed by atoms with Gasteiger partial charge in [0.15, 0.2) is 0 Å². The van der Waals surface area contributed by atoms with E-state index in [1.54, 1.807) is 0 Å². The Kier molecular flexibility index (Phi) is 6.01. The molecular formula is C13H22N4O3S. The summed E-state index contributed by atoms with van der Waals surface area (Å²) in [6.45, 7) is 2.93. The number of rotatable bonds is 8. The highest BCUT2D eigenvalue weighted by atomic mass is 32.2. The molecule has 0 bridgehead atoms. The van der Waals surface area contributed by atoms with Gasteiger partial charge in [0.25, 0.3) is 0 Å². The lowest BCUT2D eigenvalue weighted by Crippen LogP contribution is -2.36. The molecule has 118 valence electrons. The summed E-state index contributed by atoms with van der Waals surface area (Å²) in [5, 5.41) is 28.5. The number of nitrogens with one attached hydrogen (secondary N) is 1. The first-order valence-corrected chi connectivity index (χ1v) is 8.33. The van der Waals surface area contributed by atoms with E-state index in [4.69, 9.17) is 0 Å². The third-order valence-corrected chi connectivity index (χ3v) is 4.89. The predicted octanol–water partition coefficient (Wildman–Crippen LogP) is 1.42. The Balaban J connectivity index is 1.70. The van der Waals surface area contributed by atoms with Crippen molar-refractivity contribution in [1.82, 2.24) is 15.1 Å². The van der Waals surface area contributed by atoms with E-state index < -0.39 is 11.0 Å². The molecule has 1 aliphatic carbocycles. The zero-order valence-corrected chi connectivity index (χ0v) is 13.0. The molecule has 0 aliphatic heterocycles. The molecule has 2 N–H and O–H groups in total. The van der Waals surface area contributed by atoms with Crippen molar-refractivity contribution < 1.29 is 10.0 Å². The Morgan fingerprint density at radius 2 is 2.48 bits per heavy atom. The second-order valence-electron chi connectivity index (χ2n) is 5.33. The van der Waals surface area contributed by atoms with Crippen LogP contribution in [0.2, 0.25) is 0 Å². The molecule has 3 unspecified atom stereocenters. The van der Waals surface area contributed by atoms with E-state index in [-0.39, 0.29) is 12.2 Å². The van der Waals surface area contributed by atoms with Crippen LogP contribution in [-0.2, 0) is 6.54 Å². The van der Waals surface area contributed by atoms with Crippen molar-refractivity contribution in [2.75, 3.05) is 12.3 Å². The molecule has 1 heterocycles. The van der Waals surface area contributed by atoms with E-state index in [1.165, 1.54) is 23.5 Å². The molecule has 1 saturated carbocycles. The minimum atomic E-state index is -0.595. The number of aliphatic hydroxyl groups excluding tert-OH is 1. The molecule has 0 spiro atoms. The average Bonchev–Trinajstić information content (AvgIpc) is 3.06. The maximum absolute atomic E-state index is 10.6. The van der Waals surface area contributed by atoms with E-state index >= 15 is 0 Å². The minimum Gasteiger partial charge on any atom is -0.390 e. The van der Waals surface area contributed by atoms with E-state index in [0.717, 1.165) is 23.8 Å². The summed E-state index contributed by atoms with van der Waals surface area (Å²) in [5.41, 5.74) is -0.0506. The summed E-state index contributed by atoms with van der Waals surface area (Å²) in [4.78, 5) is 10.1. The Bertz CT molecular complexity index is 468. The zero-order chi connectivity index (χ0) is 15.2. The highest BCUT2D eigenvalue weighted by Gasteiger charge is 2.24. The van der Waals surface area contributed by atoms with Crippen LogP contribution in [0, 0.1) is 10.1 Å². The van der Waals surface area contributed by atoms with Gasteiger partial charge in [0.1, 0.15) is 12.4 Å². The molecule has 0 saturated heterocycles. The maximum atomic E-state index is 10.6. The Morgan fingerprint density at radius 1 is 1.67 bits per heavy atom. The average molecular weight is 314 g/mol. The van der Waals surface area contributed by atoms with E-state index in [0.29, 0.717) is 12.6 Å². The largest absolute Gasteiger partial charge is 0.390 e. The molecule has 1 aromatic heterocycles. The molecular weight excluding hydrogens is 292 g/mol. The van der Waals surface area contributed by atoms with Crippen LogP contribution in [0.5, 0.6) is 0 Å². The number of aliphatic hydroxyl groups is 1. The van der Waals surface area contributed by atoms with E-state index in [2.05, 4.69) is 17.3 Å². The standard InChI is InChI=1S/C13H22N4O3S/c1-2-21-13-4-3-10(5-13)14-7-12(18)9-16-8-11(6-15-16)17(19)20/h6,8,10,12-14,18H,2-5,7,9H2,1H3. The second kappa shape index (κ2) is 7.77. The third-order valence-electron chi connectivity index (χ3n) is 3.66. The molecule has 0 radical (unpaired) electrons. The van der Waals surface area contributed by atoms with Gasteiger partial charge in [0.05, 0.1) is 17.6 Å². The van der Waals surface area contributed by atoms with Crippen LogP contribution in [0.15, 0.2) is 12.4 Å². The quantitative estimate of drug-likeness (QED) is 0.557. The van der Waals surface area contributed by atoms with Crippen LogP contribution < -0.4 is 5.32 Å². The Labute approximate surface area is 128 Å². The predicted molar refractivity (Wildman–Crippen MR) is 82.4 cm³/mol. The fourth-order valence-electron chi connectivity index (χ4n) is 2.64. The lowest BCUT2D eigenvalue weighted by molar-refractivity contribution is -0.385. The molecule has 21 heavy (non-hydrogen) atoms. The number of hydrogen-bond donors (Lipinski definition) is 2. The second-order valence-corrected chi connectivity index (χ2v) is 6.90. The fourth-order valence-corrected chi connectivity index (χ4v) is 3.79. The van der Waals surface area contributed by atoms with Gasteiger partial charge in [0.2, 0.25) is 0 Å². The molecule has 3 atom stereocenters. The van der Waals surface area contributed by atoms with Crippen molar-refractivity contribution in [2.45, 2.75) is 50.1 Å². The molecule has 0 aromatic carbocycles. The van der Waals surface area contributed by atoms with Crippen LogP contribution in [0.1, 0.15) is 26.2 Å². The van der Waals surface area contributed by atoms with Crippen molar-refractivity contribution in [3.05, 3.63) is 22.5 Å². The molecule has 1 fully saturated rings. The number of aromatic nitrogens is 2. The first-order valence-electron chi connectivity index (χ1n) is 7.28. The highest BCUT2D eigenvalue weighted by Crippen LogP contribution is 2.29. The number of thioether (sulfide) groups is 1. The number of nitrogens with zero attached hydrogens (tertiary/aromatic N) is 3. The summed E-state index contributed by atoms with van der Waals surface area (Å²) in [6, 6.07) is 0.468. The SMILES string of the molecule is CCSC1CCC(NCC(O)Cn2cc([N+](=O)[O-])cn2)C1. The third kappa shape index (κ3) is 4.98. The topological polar surface area (TPSA) is 93.2 Å². The van der Waals surface area contributed by atoms with Crippen LogP contribution in [-0.4, -0.2) is 49.5 Å². The molecule has 7 nitrogen and oxygen atoms in total. The Morgan fingerprint density at radius 3 is 3.14 bits per heavy atom. The molecule has 1 aliphatic rings. The Hall–Kier alpha value is -1.12. The van der Waals surface area contributed by atoms with Crippen molar-refractivity contribution in [3.8, 4) is 0 Å². The van der Waals surface area contributed by atoms with Gasteiger partial charge >= 0.3 is 5.69 Å². The van der Waals surface area contributed by atoms with Crippen LogP contribution >= 0.6 is 11.8 Å². The molecule has 0 amide bonds. The summed E-state index contributed by atoms with van der Waals surface area (Å²) < 4.78 is 1.41. The van der Waals surface area contributed by atoms with Gasteiger partial charge in [-0.25, -0.2) is 0 Å². The molecule has 2 rings (SSSR count). The number of hydrogen-bond acceptors (Lipinski definition) is 6. The van der Waals surface area contributed by atoms with Crippen molar-refractivity contribution in [3.63, 3.8) is 0 Å². The van der Waals surface area contributed by atoms with Crippen molar-refractivity contribution in [2.24, 2.45) is 0 Å². The van der Waals surface area contributed by atoms with Crippen LogP contribution in [0.4, 0.5) is 5.69 Å². The van der Waals surface area contributed by atoms with Gasteiger partial charge in [-0.15, -0.1) is 0 Å². The van der Waals surface area contributed by atoms with Gasteiger partial charge in [-0.1, -0.05) is 6.92 Å². The summed E-state index contributed by atoms with van der Waals surface area (Å²) in [6.07, 6.45) is 5.48. The monoisotopic (exact) mass is 314 g/mol. The zero-order valence-electron chi connectivity index (χ0n) is 12.1. The van der Waals surface area contributed by atoms with Crippen molar-refractivity contribution in [1.29, 1.82) is 0 Å². The van der Waals surface area contributed by atoms with Crippen molar-refractivity contribution >= 4 is 17.4 Å². The summed E-state index contributed by atoms with van der Waals surface area (Å²) >= 11 is 2.00. The number of nitro groups is 1. The molecule has 1 aromatic rings. The lowest BCUT2D eigenvalue weighted by Gasteiger charge is -2.16. The van der Waals surface area contributed by atoms with Gasteiger partial charge in [-0.2, -0.15) is 16.9 Å². The van der Waals surface area contributed by atoms with Gasteiger partial charge in [0, 0.05) is 17.8 Å². The maximum Gasteiger partial charge on any atom is 0.306 e. The summed E-state index contributed by atoms with van der Waals surface area (Å²) in [5.74, 6) is 1.15. The van der Waals surface area contributed by atoms with E-state index in [1.807, 2.05) is 11.8 Å². The van der Waals surface area contributed by atoms with Gasteiger partial charge in [-0.3, -0.25) is 14.8 Å². The van der Waals surface area contributed by atoms with Crippen LogP contribution in [0.25, 0.3) is 0 Å². The van der Waals surface area contributed by atoms with Gasteiger partial charge < -0.3 is 10.4 Å². The first kappa shape index (κ1) is 16.3. The highest BCUT2D eigenvalue weighted by molar-refractivity contribution is 7.99. The van der Waals surface area contributed by atoms with Gasteiger partial charge in [-0.05, 0) is 25.0 Å². The molecule has 8 heteroatoms. The minimum absolute atomic E-state index is 0.0506. The fraction of sp³-hybridized carbons (Fsp3) is 0.769.